The molecule has 0 atom stereocenters. The minimum absolute atomic E-state index is 0.0465. The van der Waals surface area contributed by atoms with Gasteiger partial charge in [-0.1, -0.05) is 36.8 Å². The maximum Gasteiger partial charge on any atom is 0.337 e. The molecule has 2 aromatic rings. The number of nitrogens with zero attached hydrogens (tertiary/aromatic N) is 2. The quantitative estimate of drug-likeness (QED) is 0.540. The van der Waals surface area contributed by atoms with Crippen LogP contribution >= 0.6 is 11.8 Å². The van der Waals surface area contributed by atoms with E-state index in [1.54, 1.807) is 29.2 Å². The Hall–Kier alpha value is -2.86. The van der Waals surface area contributed by atoms with Crippen molar-refractivity contribution in [3.05, 3.63) is 70.1 Å². The van der Waals surface area contributed by atoms with Gasteiger partial charge in [0.2, 0.25) is 0 Å². The van der Waals surface area contributed by atoms with Gasteiger partial charge < -0.3 is 4.74 Å². The predicted molar refractivity (Wildman–Crippen MR) is 114 cm³/mol. The molecule has 3 rings (SSSR count). The van der Waals surface area contributed by atoms with Gasteiger partial charge in [-0.05, 0) is 61.0 Å². The van der Waals surface area contributed by atoms with Crippen LogP contribution in [0.1, 0.15) is 34.8 Å². The normalized spacial score (nSPS) is 16.8. The first-order chi connectivity index (χ1) is 13.5. The second-order valence-corrected chi connectivity index (χ2v) is 7.42. The molecule has 1 aliphatic rings. The molecule has 1 saturated heterocycles. The molecule has 0 aliphatic carbocycles. The summed E-state index contributed by atoms with van der Waals surface area (Å²) in [6.07, 6.45) is 2.68. The maximum atomic E-state index is 12.9. The number of methoxy groups -OCH3 is 1. The van der Waals surface area contributed by atoms with Crippen LogP contribution in [0.25, 0.3) is 6.08 Å². The second kappa shape index (κ2) is 8.89. The lowest BCUT2D eigenvalue weighted by molar-refractivity contribution is -0.122. The molecule has 0 radical (unpaired) electrons. The van der Waals surface area contributed by atoms with E-state index in [-0.39, 0.29) is 11.9 Å². The Morgan fingerprint density at radius 2 is 1.82 bits per heavy atom. The van der Waals surface area contributed by atoms with Crippen LogP contribution in [0.15, 0.2) is 58.4 Å². The van der Waals surface area contributed by atoms with Crippen LogP contribution in [-0.2, 0) is 9.53 Å². The van der Waals surface area contributed by atoms with Gasteiger partial charge in [0, 0.05) is 6.54 Å². The fourth-order valence-corrected chi connectivity index (χ4v) is 3.75. The highest BCUT2D eigenvalue weighted by atomic mass is 32.2. The molecule has 2 aromatic carbocycles. The average molecular weight is 394 g/mol. The number of amidine groups is 1. The van der Waals surface area contributed by atoms with E-state index in [2.05, 4.69) is 4.99 Å². The zero-order valence-electron chi connectivity index (χ0n) is 16.1. The van der Waals surface area contributed by atoms with E-state index in [4.69, 9.17) is 4.74 Å². The topological polar surface area (TPSA) is 59.0 Å². The van der Waals surface area contributed by atoms with Gasteiger partial charge in [0.25, 0.3) is 5.91 Å². The first kappa shape index (κ1) is 19.9. The van der Waals surface area contributed by atoms with Crippen LogP contribution in [0, 0.1) is 6.92 Å². The Morgan fingerprint density at radius 1 is 1.14 bits per heavy atom. The van der Waals surface area contributed by atoms with Gasteiger partial charge in [-0.25, -0.2) is 9.79 Å². The van der Waals surface area contributed by atoms with Crippen molar-refractivity contribution in [3.8, 4) is 0 Å². The van der Waals surface area contributed by atoms with E-state index in [1.165, 1.54) is 24.4 Å². The predicted octanol–water partition coefficient (Wildman–Crippen LogP) is 4.80. The molecule has 0 unspecified atom stereocenters. The lowest BCUT2D eigenvalue weighted by Crippen LogP contribution is -2.29. The SMILES string of the molecule is CCCN1C(=O)/C(=C/c2ccc(C(=O)OC)cc2)SC1=Nc1ccc(C)cc1. The van der Waals surface area contributed by atoms with Crippen molar-refractivity contribution in [3.63, 3.8) is 0 Å². The van der Waals surface area contributed by atoms with Crippen LogP contribution in [0.3, 0.4) is 0 Å². The minimum atomic E-state index is -0.382. The Morgan fingerprint density at radius 3 is 2.43 bits per heavy atom. The molecule has 6 heteroatoms. The highest BCUT2D eigenvalue weighted by Crippen LogP contribution is 2.34. The van der Waals surface area contributed by atoms with Crippen molar-refractivity contribution in [2.75, 3.05) is 13.7 Å². The molecule has 0 aromatic heterocycles. The Balaban J connectivity index is 1.88. The zero-order chi connectivity index (χ0) is 20.1. The van der Waals surface area contributed by atoms with E-state index in [9.17, 15) is 9.59 Å². The monoisotopic (exact) mass is 394 g/mol. The van der Waals surface area contributed by atoms with Crippen molar-refractivity contribution < 1.29 is 14.3 Å². The highest BCUT2D eigenvalue weighted by Gasteiger charge is 2.32. The van der Waals surface area contributed by atoms with Crippen LogP contribution < -0.4 is 0 Å². The highest BCUT2D eigenvalue weighted by molar-refractivity contribution is 8.18. The van der Waals surface area contributed by atoms with E-state index in [1.807, 2.05) is 44.2 Å². The number of carbonyl (C=O) groups excluding carboxylic acids is 2. The third-order valence-electron chi connectivity index (χ3n) is 4.22. The van der Waals surface area contributed by atoms with Crippen LogP contribution in [-0.4, -0.2) is 35.6 Å². The molecule has 1 heterocycles. The van der Waals surface area contributed by atoms with Crippen molar-refractivity contribution >= 4 is 40.6 Å². The molecule has 28 heavy (non-hydrogen) atoms. The van der Waals surface area contributed by atoms with Crippen molar-refractivity contribution in [1.29, 1.82) is 0 Å². The van der Waals surface area contributed by atoms with Crippen LogP contribution in [0.2, 0.25) is 0 Å². The molecule has 0 spiro atoms. The van der Waals surface area contributed by atoms with Crippen LogP contribution in [0.4, 0.5) is 5.69 Å². The average Bonchev–Trinajstić information content (AvgIpc) is 2.99. The molecule has 1 fully saturated rings. The van der Waals surface area contributed by atoms with Crippen LogP contribution in [0.5, 0.6) is 0 Å². The number of amides is 1. The first-order valence-corrected chi connectivity index (χ1v) is 9.88. The number of hydrogen-bond donors (Lipinski definition) is 0. The molecule has 5 nitrogen and oxygen atoms in total. The molecule has 0 saturated carbocycles. The van der Waals surface area contributed by atoms with E-state index < -0.39 is 0 Å². The Kier molecular flexibility index (Phi) is 6.31. The number of aliphatic imine (C=N–C) groups is 1. The van der Waals surface area contributed by atoms with Gasteiger partial charge in [0.1, 0.15) is 0 Å². The zero-order valence-corrected chi connectivity index (χ0v) is 17.0. The maximum absolute atomic E-state index is 12.9. The number of carbonyl (C=O) groups is 2. The number of esters is 1. The van der Waals surface area contributed by atoms with Crippen molar-refractivity contribution in [2.24, 2.45) is 4.99 Å². The summed E-state index contributed by atoms with van der Waals surface area (Å²) in [4.78, 5) is 31.4. The lowest BCUT2D eigenvalue weighted by atomic mass is 10.1. The summed E-state index contributed by atoms with van der Waals surface area (Å²) in [5.74, 6) is -0.429. The van der Waals surface area contributed by atoms with Gasteiger partial charge in [0.05, 0.1) is 23.3 Å². The minimum Gasteiger partial charge on any atom is -0.465 e. The third kappa shape index (κ3) is 4.51. The van der Waals surface area contributed by atoms with Gasteiger partial charge in [0.15, 0.2) is 5.17 Å². The van der Waals surface area contributed by atoms with Gasteiger partial charge in [-0.3, -0.25) is 9.69 Å². The molecule has 0 bridgehead atoms. The summed E-state index contributed by atoms with van der Waals surface area (Å²) in [5, 5.41) is 0.688. The number of thioether (sulfide) groups is 1. The van der Waals surface area contributed by atoms with E-state index >= 15 is 0 Å². The second-order valence-electron chi connectivity index (χ2n) is 6.41. The third-order valence-corrected chi connectivity index (χ3v) is 5.23. The first-order valence-electron chi connectivity index (χ1n) is 9.07. The number of hydrogen-bond acceptors (Lipinski definition) is 5. The number of aryl methyl sites for hydroxylation is 1. The van der Waals surface area contributed by atoms with Crippen molar-refractivity contribution in [2.45, 2.75) is 20.3 Å². The summed E-state index contributed by atoms with van der Waals surface area (Å²) >= 11 is 1.37. The Bertz CT molecular complexity index is 931. The van der Waals surface area contributed by atoms with E-state index in [0.717, 1.165) is 17.7 Å². The van der Waals surface area contributed by atoms with Gasteiger partial charge in [-0.2, -0.15) is 0 Å². The van der Waals surface area contributed by atoms with Crippen molar-refractivity contribution in [1.82, 2.24) is 4.90 Å². The lowest BCUT2D eigenvalue weighted by Gasteiger charge is -2.13. The number of ether oxygens (including phenoxy) is 1. The molecular weight excluding hydrogens is 372 g/mol. The Labute approximate surface area is 169 Å². The molecule has 0 N–H and O–H groups in total. The molecule has 144 valence electrons. The van der Waals surface area contributed by atoms with Gasteiger partial charge >= 0.3 is 5.97 Å². The number of rotatable bonds is 5. The van der Waals surface area contributed by atoms with E-state index in [0.29, 0.717) is 22.2 Å². The van der Waals surface area contributed by atoms with Gasteiger partial charge in [-0.15, -0.1) is 0 Å². The molecule has 1 amide bonds. The summed E-state index contributed by atoms with van der Waals surface area (Å²) in [5.41, 5.74) is 3.31. The fraction of sp³-hybridized carbons (Fsp3) is 0.227. The largest absolute Gasteiger partial charge is 0.465 e. The number of benzene rings is 2. The summed E-state index contributed by atoms with van der Waals surface area (Å²) in [6.45, 7) is 4.68. The molecular formula is C22H22N2O3S. The smallest absolute Gasteiger partial charge is 0.337 e. The molecule has 1 aliphatic heterocycles. The summed E-state index contributed by atoms with van der Waals surface area (Å²) in [7, 11) is 1.35. The summed E-state index contributed by atoms with van der Waals surface area (Å²) in [6, 6.07) is 14.9. The summed E-state index contributed by atoms with van der Waals surface area (Å²) < 4.78 is 4.71. The standard InChI is InChI=1S/C22H22N2O3S/c1-4-13-24-20(25)19(14-16-7-9-17(10-8-16)21(26)27-3)28-22(24)23-18-11-5-15(2)6-12-18/h5-12,14H,4,13H2,1-3H3/b19-14-,23-22?. The fourth-order valence-electron chi connectivity index (χ4n) is 2.73.